The molecule has 2 aliphatic heterocycles. The van der Waals surface area contributed by atoms with Crippen molar-refractivity contribution in [3.63, 3.8) is 0 Å². The fourth-order valence-corrected chi connectivity index (χ4v) is 3.51. The van der Waals surface area contributed by atoms with Crippen LogP contribution in [0, 0.1) is 0 Å². The molecule has 2 fully saturated rings. The molecule has 3 heterocycles. The summed E-state index contributed by atoms with van der Waals surface area (Å²) in [5, 5.41) is 4.10. The Hall–Kier alpha value is -1.66. The lowest BCUT2D eigenvalue weighted by Gasteiger charge is -2.51. The number of morpholine rings is 1. The second-order valence-electron chi connectivity index (χ2n) is 7.11. The molecule has 0 bridgehead atoms. The van der Waals surface area contributed by atoms with E-state index in [1.54, 1.807) is 17.0 Å². The summed E-state index contributed by atoms with van der Waals surface area (Å²) in [6, 6.07) is 1.88. The quantitative estimate of drug-likeness (QED) is 0.777. The highest BCUT2D eigenvalue weighted by atomic mass is 16.6. The van der Waals surface area contributed by atoms with Crippen LogP contribution in [0.1, 0.15) is 32.4 Å². The summed E-state index contributed by atoms with van der Waals surface area (Å²) in [5.74, 6) is 0.00697. The Balaban J connectivity index is 1.74. The van der Waals surface area contributed by atoms with Gasteiger partial charge in [-0.1, -0.05) is 0 Å². The minimum Gasteiger partial charge on any atom is -0.378 e. The summed E-state index contributed by atoms with van der Waals surface area (Å²) in [7, 11) is 1.86. The molecule has 2 aliphatic rings. The molecule has 0 aromatic carbocycles. The molecule has 1 spiro atoms. The zero-order chi connectivity index (χ0) is 16.5. The van der Waals surface area contributed by atoms with Crippen molar-refractivity contribution in [3.05, 3.63) is 24.0 Å². The SMILES string of the molecule is Cn1nccc1/C=C/C(=O)N1CC(C)(C)OC2(CCCOC2)C1. The Kier molecular flexibility index (Phi) is 4.29. The van der Waals surface area contributed by atoms with Crippen LogP contribution in [0.5, 0.6) is 0 Å². The highest BCUT2D eigenvalue weighted by Gasteiger charge is 2.46. The molecule has 0 N–H and O–H groups in total. The van der Waals surface area contributed by atoms with Crippen LogP contribution in [0.3, 0.4) is 0 Å². The summed E-state index contributed by atoms with van der Waals surface area (Å²) >= 11 is 0. The van der Waals surface area contributed by atoms with Crippen molar-refractivity contribution in [2.45, 2.75) is 37.9 Å². The fourth-order valence-electron chi connectivity index (χ4n) is 3.51. The molecule has 1 amide bonds. The second-order valence-corrected chi connectivity index (χ2v) is 7.11. The normalized spacial score (nSPS) is 27.7. The highest BCUT2D eigenvalue weighted by Crippen LogP contribution is 2.34. The first-order valence-corrected chi connectivity index (χ1v) is 8.12. The Morgan fingerprint density at radius 2 is 2.22 bits per heavy atom. The van der Waals surface area contributed by atoms with E-state index in [1.807, 2.05) is 37.9 Å². The summed E-state index contributed by atoms with van der Waals surface area (Å²) in [6.07, 6.45) is 7.06. The standard InChI is InChI=1S/C17H25N3O3/c1-16(2)11-20(12-17(23-16)8-4-10-22-13-17)15(21)6-5-14-7-9-18-19(14)3/h5-7,9H,4,8,10-13H2,1-3H3/b6-5+. The average molecular weight is 319 g/mol. The number of hydrogen-bond acceptors (Lipinski definition) is 4. The van der Waals surface area contributed by atoms with E-state index in [9.17, 15) is 4.79 Å². The van der Waals surface area contributed by atoms with Crippen LogP contribution in [0.2, 0.25) is 0 Å². The fraction of sp³-hybridized carbons (Fsp3) is 0.647. The van der Waals surface area contributed by atoms with Gasteiger partial charge in [0.05, 0.1) is 24.4 Å². The van der Waals surface area contributed by atoms with Gasteiger partial charge in [-0.15, -0.1) is 0 Å². The van der Waals surface area contributed by atoms with Gasteiger partial charge in [-0.3, -0.25) is 9.48 Å². The molecule has 1 atom stereocenters. The van der Waals surface area contributed by atoms with Crippen LogP contribution in [-0.2, 0) is 21.3 Å². The van der Waals surface area contributed by atoms with E-state index in [-0.39, 0.29) is 17.1 Å². The molecule has 126 valence electrons. The van der Waals surface area contributed by atoms with Gasteiger partial charge in [0.15, 0.2) is 0 Å². The van der Waals surface area contributed by atoms with Crippen LogP contribution in [0.4, 0.5) is 0 Å². The Morgan fingerprint density at radius 1 is 1.39 bits per heavy atom. The lowest BCUT2D eigenvalue weighted by Crippen LogP contribution is -2.63. The first-order valence-electron chi connectivity index (χ1n) is 8.12. The Morgan fingerprint density at radius 3 is 2.87 bits per heavy atom. The largest absolute Gasteiger partial charge is 0.378 e. The molecule has 1 aromatic rings. The molecule has 0 radical (unpaired) electrons. The molecule has 3 rings (SSSR count). The van der Waals surface area contributed by atoms with Gasteiger partial charge < -0.3 is 14.4 Å². The third-order valence-corrected chi connectivity index (χ3v) is 4.40. The molecule has 6 heteroatoms. The third kappa shape index (κ3) is 3.64. The van der Waals surface area contributed by atoms with Gasteiger partial charge >= 0.3 is 0 Å². The first kappa shape index (κ1) is 16.2. The number of carbonyl (C=O) groups excluding carboxylic acids is 1. The van der Waals surface area contributed by atoms with Gasteiger partial charge in [0.2, 0.25) is 5.91 Å². The second kappa shape index (κ2) is 6.09. The summed E-state index contributed by atoms with van der Waals surface area (Å²) < 4.78 is 13.7. The molecule has 0 aliphatic carbocycles. The Bertz CT molecular complexity index is 600. The maximum atomic E-state index is 12.6. The zero-order valence-electron chi connectivity index (χ0n) is 14.1. The predicted octanol–water partition coefficient (Wildman–Crippen LogP) is 1.62. The molecule has 0 saturated carbocycles. The summed E-state index contributed by atoms with van der Waals surface area (Å²) in [5.41, 5.74) is 0.173. The van der Waals surface area contributed by atoms with Crippen LogP contribution in [0.15, 0.2) is 18.3 Å². The van der Waals surface area contributed by atoms with Crippen molar-refractivity contribution in [2.24, 2.45) is 7.05 Å². The van der Waals surface area contributed by atoms with Crippen molar-refractivity contribution in [1.29, 1.82) is 0 Å². The molecular weight excluding hydrogens is 294 g/mol. The minimum absolute atomic E-state index is 0.00697. The molecule has 2 saturated heterocycles. The van der Waals surface area contributed by atoms with Gasteiger partial charge in [-0.05, 0) is 38.8 Å². The van der Waals surface area contributed by atoms with Gasteiger partial charge in [0.1, 0.15) is 5.60 Å². The van der Waals surface area contributed by atoms with Crippen LogP contribution in [0.25, 0.3) is 6.08 Å². The lowest BCUT2D eigenvalue weighted by molar-refractivity contribution is -0.231. The minimum atomic E-state index is -0.366. The van der Waals surface area contributed by atoms with E-state index >= 15 is 0 Å². The number of nitrogens with zero attached hydrogens (tertiary/aromatic N) is 3. The van der Waals surface area contributed by atoms with E-state index < -0.39 is 0 Å². The van der Waals surface area contributed by atoms with Crippen molar-refractivity contribution < 1.29 is 14.3 Å². The maximum absolute atomic E-state index is 12.6. The van der Waals surface area contributed by atoms with E-state index in [0.717, 1.165) is 25.1 Å². The Labute approximate surface area is 137 Å². The molecule has 1 unspecified atom stereocenters. The van der Waals surface area contributed by atoms with Crippen molar-refractivity contribution in [2.75, 3.05) is 26.3 Å². The number of carbonyl (C=O) groups is 1. The number of ether oxygens (including phenoxy) is 2. The van der Waals surface area contributed by atoms with Gasteiger partial charge in [0, 0.05) is 32.5 Å². The topological polar surface area (TPSA) is 56.6 Å². The summed E-state index contributed by atoms with van der Waals surface area (Å²) in [6.45, 7) is 6.58. The van der Waals surface area contributed by atoms with Gasteiger partial charge in [-0.25, -0.2) is 0 Å². The van der Waals surface area contributed by atoms with Gasteiger partial charge in [-0.2, -0.15) is 5.10 Å². The van der Waals surface area contributed by atoms with E-state index in [2.05, 4.69) is 5.10 Å². The monoisotopic (exact) mass is 319 g/mol. The van der Waals surface area contributed by atoms with E-state index in [0.29, 0.717) is 19.7 Å². The van der Waals surface area contributed by atoms with Gasteiger partial charge in [0.25, 0.3) is 0 Å². The number of aromatic nitrogens is 2. The van der Waals surface area contributed by atoms with Crippen molar-refractivity contribution >= 4 is 12.0 Å². The van der Waals surface area contributed by atoms with Crippen LogP contribution >= 0.6 is 0 Å². The molecule has 6 nitrogen and oxygen atoms in total. The van der Waals surface area contributed by atoms with E-state index in [4.69, 9.17) is 9.47 Å². The van der Waals surface area contributed by atoms with Crippen LogP contribution in [-0.4, -0.2) is 58.1 Å². The number of rotatable bonds is 2. The van der Waals surface area contributed by atoms with E-state index in [1.165, 1.54) is 0 Å². The maximum Gasteiger partial charge on any atom is 0.246 e. The molecule has 1 aromatic heterocycles. The van der Waals surface area contributed by atoms with Crippen LogP contribution < -0.4 is 0 Å². The number of amides is 1. The summed E-state index contributed by atoms with van der Waals surface area (Å²) in [4.78, 5) is 14.5. The smallest absolute Gasteiger partial charge is 0.246 e. The lowest BCUT2D eigenvalue weighted by atomic mass is 9.90. The number of hydrogen-bond donors (Lipinski definition) is 0. The van der Waals surface area contributed by atoms with Crippen molar-refractivity contribution in [1.82, 2.24) is 14.7 Å². The van der Waals surface area contributed by atoms with Crippen molar-refractivity contribution in [3.8, 4) is 0 Å². The highest BCUT2D eigenvalue weighted by molar-refractivity contribution is 5.91. The molecular formula is C17H25N3O3. The first-order chi connectivity index (χ1) is 10.9. The predicted molar refractivity (Wildman–Crippen MR) is 86.8 cm³/mol. The zero-order valence-corrected chi connectivity index (χ0v) is 14.1. The number of aryl methyl sites for hydroxylation is 1. The molecule has 23 heavy (non-hydrogen) atoms. The third-order valence-electron chi connectivity index (χ3n) is 4.40. The average Bonchev–Trinajstić information content (AvgIpc) is 2.89.